The molecule has 0 radical (unpaired) electrons. The number of piperazine rings is 1. The predicted molar refractivity (Wildman–Crippen MR) is 153 cm³/mol. The van der Waals surface area contributed by atoms with E-state index in [1.54, 1.807) is 0 Å². The highest BCUT2D eigenvalue weighted by Gasteiger charge is 2.34. The molecule has 0 bridgehead atoms. The smallest absolute Gasteiger partial charge is 0.253 e. The minimum Gasteiger partial charge on any atom is -0.376 e. The number of rotatable bonds is 6. The largest absolute Gasteiger partial charge is 0.376 e. The van der Waals surface area contributed by atoms with E-state index >= 15 is 0 Å². The van der Waals surface area contributed by atoms with E-state index in [1.807, 2.05) is 35.9 Å². The molecule has 0 spiro atoms. The molecule has 0 amide bonds. The second-order valence-corrected chi connectivity index (χ2v) is 11.2. The zero-order valence-electron chi connectivity index (χ0n) is 22.7. The number of aromatic nitrogens is 5. The lowest BCUT2D eigenvalue weighted by atomic mass is 9.99. The summed E-state index contributed by atoms with van der Waals surface area (Å²) in [5.41, 5.74) is 5.98. The van der Waals surface area contributed by atoms with Crippen molar-refractivity contribution in [2.45, 2.75) is 52.3 Å². The van der Waals surface area contributed by atoms with Gasteiger partial charge in [-0.25, -0.2) is 4.68 Å². The molecule has 10 heteroatoms. The number of aromatic amines is 1. The molecule has 0 saturated carbocycles. The monoisotopic (exact) mass is 547 g/mol. The van der Waals surface area contributed by atoms with Crippen LogP contribution >= 0.6 is 11.6 Å². The maximum Gasteiger partial charge on any atom is 0.253 e. The minimum absolute atomic E-state index is 0.0793. The number of pyridine rings is 1. The summed E-state index contributed by atoms with van der Waals surface area (Å²) in [6.07, 6.45) is 2.10. The average molecular weight is 548 g/mol. The standard InChI is InChI=1S/C29H34ClN7O2/c1-18-13-20(3)23-16-24(29(38)31-25(23)14-18)27(28-32-33-34-37(28)17-22-5-4-12-39-22)36-10-8-35(9-11-36)26-15-21(30)7-6-19(26)2/h6-7,13-16,22,27H,4-5,8-12,17H2,1-3H3,(H,31,38)/t22-,27+/m1/s1. The van der Waals surface area contributed by atoms with Gasteiger partial charge >= 0.3 is 0 Å². The minimum atomic E-state index is -0.391. The highest BCUT2D eigenvalue weighted by Crippen LogP contribution is 2.31. The molecule has 2 fully saturated rings. The number of tetrazole rings is 1. The Balaban J connectivity index is 1.38. The van der Waals surface area contributed by atoms with Crippen LogP contribution in [0.2, 0.25) is 5.02 Å². The molecule has 2 atom stereocenters. The van der Waals surface area contributed by atoms with Crippen molar-refractivity contribution in [2.75, 3.05) is 37.7 Å². The first-order valence-electron chi connectivity index (χ1n) is 13.6. The van der Waals surface area contributed by atoms with Gasteiger partial charge in [0.1, 0.15) is 6.04 Å². The molecule has 2 aliphatic heterocycles. The van der Waals surface area contributed by atoms with Gasteiger partial charge in [0.15, 0.2) is 5.82 Å². The Bertz CT molecular complexity index is 1550. The van der Waals surface area contributed by atoms with E-state index in [0.29, 0.717) is 17.9 Å². The topological polar surface area (TPSA) is 92.2 Å². The molecule has 4 heterocycles. The first kappa shape index (κ1) is 26.0. The Labute approximate surface area is 232 Å². The maximum absolute atomic E-state index is 13.6. The predicted octanol–water partition coefficient (Wildman–Crippen LogP) is 4.18. The summed E-state index contributed by atoms with van der Waals surface area (Å²) in [5.74, 6) is 0.674. The lowest BCUT2D eigenvalue weighted by Crippen LogP contribution is -2.49. The van der Waals surface area contributed by atoms with Crippen molar-refractivity contribution in [2.24, 2.45) is 0 Å². The SMILES string of the molecule is Cc1cc(C)c2cc([C@@H](c3nnnn3C[C@H]3CCCO3)N3CCN(c4cc(Cl)ccc4C)CC3)c(=O)[nH]c2c1. The Morgan fingerprint density at radius 2 is 1.90 bits per heavy atom. The molecule has 2 aromatic carbocycles. The van der Waals surface area contributed by atoms with Crippen LogP contribution in [-0.4, -0.2) is 69.0 Å². The maximum atomic E-state index is 13.6. The highest BCUT2D eigenvalue weighted by molar-refractivity contribution is 6.30. The molecule has 0 unspecified atom stereocenters. The fourth-order valence-corrected chi connectivity index (χ4v) is 6.22. The van der Waals surface area contributed by atoms with Crippen molar-refractivity contribution < 1.29 is 4.74 Å². The van der Waals surface area contributed by atoms with E-state index in [9.17, 15) is 4.79 Å². The molecule has 0 aliphatic carbocycles. The summed E-state index contributed by atoms with van der Waals surface area (Å²) in [4.78, 5) is 21.5. The number of nitrogens with one attached hydrogen (secondary N) is 1. The first-order chi connectivity index (χ1) is 18.9. The third-order valence-electron chi connectivity index (χ3n) is 8.03. The summed E-state index contributed by atoms with van der Waals surface area (Å²) < 4.78 is 7.72. The van der Waals surface area contributed by atoms with Crippen LogP contribution in [0, 0.1) is 20.8 Å². The molecule has 4 aromatic rings. The van der Waals surface area contributed by atoms with E-state index in [2.05, 4.69) is 56.3 Å². The van der Waals surface area contributed by atoms with Crippen molar-refractivity contribution >= 4 is 28.2 Å². The van der Waals surface area contributed by atoms with E-state index in [-0.39, 0.29) is 11.7 Å². The van der Waals surface area contributed by atoms with Crippen LogP contribution in [-0.2, 0) is 11.3 Å². The second kappa shape index (κ2) is 10.7. The number of nitrogens with zero attached hydrogens (tertiary/aromatic N) is 6. The third kappa shape index (κ3) is 5.18. The van der Waals surface area contributed by atoms with Gasteiger partial charge in [-0.2, -0.15) is 0 Å². The summed E-state index contributed by atoms with van der Waals surface area (Å²) >= 11 is 6.33. The van der Waals surface area contributed by atoms with E-state index in [0.717, 1.165) is 78.4 Å². The fourth-order valence-electron chi connectivity index (χ4n) is 6.05. The van der Waals surface area contributed by atoms with Crippen molar-refractivity contribution in [1.29, 1.82) is 0 Å². The van der Waals surface area contributed by atoms with Crippen LogP contribution in [0.4, 0.5) is 5.69 Å². The van der Waals surface area contributed by atoms with Crippen molar-refractivity contribution in [1.82, 2.24) is 30.1 Å². The molecular weight excluding hydrogens is 514 g/mol. The fraction of sp³-hybridized carbons (Fsp3) is 0.448. The number of H-pyrrole nitrogens is 1. The summed E-state index contributed by atoms with van der Waals surface area (Å²) in [6, 6.07) is 11.8. The van der Waals surface area contributed by atoms with Crippen LogP contribution in [0.1, 0.15) is 47.0 Å². The molecule has 1 N–H and O–H groups in total. The number of hydrogen-bond acceptors (Lipinski definition) is 7. The van der Waals surface area contributed by atoms with Crippen molar-refractivity contribution in [3.8, 4) is 0 Å². The van der Waals surface area contributed by atoms with Gasteiger partial charge < -0.3 is 14.6 Å². The number of benzene rings is 2. The molecule has 204 valence electrons. The molecule has 9 nitrogen and oxygen atoms in total. The van der Waals surface area contributed by atoms with Crippen molar-refractivity contribution in [3.63, 3.8) is 0 Å². The molecule has 2 aliphatic rings. The summed E-state index contributed by atoms with van der Waals surface area (Å²) in [5, 5.41) is 14.7. The van der Waals surface area contributed by atoms with Crippen LogP contribution in [0.15, 0.2) is 41.2 Å². The van der Waals surface area contributed by atoms with Gasteiger partial charge in [-0.1, -0.05) is 23.7 Å². The number of anilines is 1. The van der Waals surface area contributed by atoms with E-state index in [4.69, 9.17) is 16.3 Å². The first-order valence-corrected chi connectivity index (χ1v) is 14.0. The van der Waals surface area contributed by atoms with Crippen LogP contribution in [0.25, 0.3) is 10.9 Å². The number of fused-ring (bicyclic) bond motifs is 1. The molecule has 6 rings (SSSR count). The highest BCUT2D eigenvalue weighted by atomic mass is 35.5. The molecule has 2 aromatic heterocycles. The number of halogens is 1. The van der Waals surface area contributed by atoms with Crippen LogP contribution in [0.5, 0.6) is 0 Å². The zero-order chi connectivity index (χ0) is 27.1. The van der Waals surface area contributed by atoms with Crippen molar-refractivity contribution in [3.05, 3.63) is 79.9 Å². The Hall–Kier alpha value is -3.27. The summed E-state index contributed by atoms with van der Waals surface area (Å²) in [6.45, 7) is 10.7. The summed E-state index contributed by atoms with van der Waals surface area (Å²) in [7, 11) is 0. The van der Waals surface area contributed by atoms with Gasteiger partial charge in [-0.3, -0.25) is 9.69 Å². The Morgan fingerprint density at radius 3 is 2.67 bits per heavy atom. The lowest BCUT2D eigenvalue weighted by Gasteiger charge is -2.40. The Morgan fingerprint density at radius 1 is 1.08 bits per heavy atom. The average Bonchev–Trinajstić information content (AvgIpc) is 3.59. The van der Waals surface area contributed by atoms with Gasteiger partial charge in [0.2, 0.25) is 0 Å². The molecule has 2 saturated heterocycles. The zero-order valence-corrected chi connectivity index (χ0v) is 23.4. The normalized spacial score (nSPS) is 19.2. The van der Waals surface area contributed by atoms with Gasteiger partial charge in [0.05, 0.1) is 12.6 Å². The Kier molecular flexibility index (Phi) is 7.14. The molecular formula is C29H34ClN7O2. The molecule has 39 heavy (non-hydrogen) atoms. The van der Waals surface area contributed by atoms with E-state index < -0.39 is 6.04 Å². The quantitative estimate of drug-likeness (QED) is 0.387. The number of hydrogen-bond donors (Lipinski definition) is 1. The van der Waals surface area contributed by atoms with E-state index in [1.165, 1.54) is 5.56 Å². The van der Waals surface area contributed by atoms with Gasteiger partial charge in [-0.15, -0.1) is 5.10 Å². The van der Waals surface area contributed by atoms with Crippen LogP contribution in [0.3, 0.4) is 0 Å². The number of aryl methyl sites for hydroxylation is 3. The van der Waals surface area contributed by atoms with Crippen LogP contribution < -0.4 is 10.5 Å². The second-order valence-electron chi connectivity index (χ2n) is 10.8. The van der Waals surface area contributed by atoms with Gasteiger partial charge in [0.25, 0.3) is 5.56 Å². The number of ether oxygens (including phenoxy) is 1. The van der Waals surface area contributed by atoms with Gasteiger partial charge in [0, 0.05) is 60.0 Å². The van der Waals surface area contributed by atoms with Gasteiger partial charge in [-0.05, 0) is 85.0 Å². The lowest BCUT2D eigenvalue weighted by molar-refractivity contribution is 0.0906. The third-order valence-corrected chi connectivity index (χ3v) is 8.27.